The van der Waals surface area contributed by atoms with Gasteiger partial charge in [0.2, 0.25) is 15.9 Å². The summed E-state index contributed by atoms with van der Waals surface area (Å²) in [5.41, 5.74) is 1.36. The van der Waals surface area contributed by atoms with Crippen molar-refractivity contribution in [2.75, 3.05) is 13.1 Å². The number of benzene rings is 1. The van der Waals surface area contributed by atoms with Crippen LogP contribution in [-0.4, -0.2) is 31.7 Å². The van der Waals surface area contributed by atoms with E-state index < -0.39 is 10.0 Å². The standard InChI is InChI=1S/C21H29BrN2O3S/c1-14-3-4-15(2)18(7-14)28(26,27)24-6-5-23-19(25)20-9-16-8-17(10-20)12-21(22,11-16)13-20/h3-4,7,16-17,24H,5-6,8-13H2,1-2H3,(H,23,25). The zero-order valence-electron chi connectivity index (χ0n) is 16.6. The molecule has 5 rings (SSSR count). The number of amides is 1. The van der Waals surface area contributed by atoms with Crippen LogP contribution in [-0.2, 0) is 14.8 Å². The minimum Gasteiger partial charge on any atom is -0.354 e. The molecule has 0 heterocycles. The van der Waals surface area contributed by atoms with E-state index in [1.165, 1.54) is 19.3 Å². The van der Waals surface area contributed by atoms with Gasteiger partial charge in [-0.15, -0.1) is 0 Å². The summed E-state index contributed by atoms with van der Waals surface area (Å²) in [6.07, 6.45) is 6.52. The molecule has 0 aromatic heterocycles. The van der Waals surface area contributed by atoms with Crippen LogP contribution in [0.5, 0.6) is 0 Å². The highest BCUT2D eigenvalue weighted by Crippen LogP contribution is 2.64. The maximum absolute atomic E-state index is 13.0. The smallest absolute Gasteiger partial charge is 0.240 e. The number of hydrogen-bond acceptors (Lipinski definition) is 3. The molecule has 1 aromatic rings. The van der Waals surface area contributed by atoms with Gasteiger partial charge in [0.25, 0.3) is 0 Å². The Morgan fingerprint density at radius 1 is 1.14 bits per heavy atom. The van der Waals surface area contributed by atoms with Crippen molar-refractivity contribution in [2.24, 2.45) is 17.3 Å². The highest BCUT2D eigenvalue weighted by molar-refractivity contribution is 9.10. The third-order valence-electron chi connectivity index (χ3n) is 6.81. The summed E-state index contributed by atoms with van der Waals surface area (Å²) in [6.45, 7) is 4.18. The van der Waals surface area contributed by atoms with E-state index in [0.717, 1.165) is 30.4 Å². The number of alkyl halides is 1. The van der Waals surface area contributed by atoms with Crippen molar-refractivity contribution in [1.82, 2.24) is 10.0 Å². The molecule has 2 unspecified atom stereocenters. The van der Waals surface area contributed by atoms with Crippen LogP contribution in [0, 0.1) is 31.1 Å². The Morgan fingerprint density at radius 3 is 2.46 bits per heavy atom. The third kappa shape index (κ3) is 3.77. The molecule has 4 bridgehead atoms. The fourth-order valence-corrected chi connectivity index (χ4v) is 8.85. The van der Waals surface area contributed by atoms with Gasteiger partial charge in [0.1, 0.15) is 0 Å². The Labute approximate surface area is 176 Å². The van der Waals surface area contributed by atoms with Crippen molar-refractivity contribution in [1.29, 1.82) is 0 Å². The molecule has 1 amide bonds. The maximum Gasteiger partial charge on any atom is 0.240 e. The molecule has 5 nitrogen and oxygen atoms in total. The highest BCUT2D eigenvalue weighted by atomic mass is 79.9. The van der Waals surface area contributed by atoms with Gasteiger partial charge in [0.15, 0.2) is 0 Å². The van der Waals surface area contributed by atoms with Crippen molar-refractivity contribution in [3.8, 4) is 0 Å². The SMILES string of the molecule is Cc1ccc(C)c(S(=O)(=O)NCCNC(=O)C23CC4CC(CC(Br)(C4)C2)C3)c1. The van der Waals surface area contributed by atoms with Crippen molar-refractivity contribution in [2.45, 2.75) is 61.6 Å². The number of halogens is 1. The van der Waals surface area contributed by atoms with Gasteiger partial charge < -0.3 is 5.32 Å². The first-order valence-electron chi connectivity index (χ1n) is 10.2. The molecule has 1 aromatic carbocycles. The molecule has 2 atom stereocenters. The van der Waals surface area contributed by atoms with E-state index >= 15 is 0 Å². The summed E-state index contributed by atoms with van der Waals surface area (Å²) >= 11 is 3.94. The number of carbonyl (C=O) groups is 1. The normalized spacial score (nSPS) is 33.8. The largest absolute Gasteiger partial charge is 0.354 e. The summed E-state index contributed by atoms with van der Waals surface area (Å²) in [7, 11) is -3.57. The fraction of sp³-hybridized carbons (Fsp3) is 0.667. The van der Waals surface area contributed by atoms with Crippen molar-refractivity contribution >= 4 is 31.9 Å². The molecule has 0 aliphatic heterocycles. The zero-order valence-corrected chi connectivity index (χ0v) is 19.0. The number of rotatable bonds is 6. The predicted octanol–water partition coefficient (Wildman–Crippen LogP) is 3.43. The molecule has 0 radical (unpaired) electrons. The molecule has 7 heteroatoms. The second-order valence-electron chi connectivity index (χ2n) is 9.31. The van der Waals surface area contributed by atoms with Gasteiger partial charge in [-0.1, -0.05) is 28.1 Å². The minimum atomic E-state index is -3.57. The van der Waals surface area contributed by atoms with Crippen LogP contribution >= 0.6 is 15.9 Å². The molecular weight excluding hydrogens is 440 g/mol. The number of nitrogens with one attached hydrogen (secondary N) is 2. The van der Waals surface area contributed by atoms with Crippen molar-refractivity contribution < 1.29 is 13.2 Å². The van der Waals surface area contributed by atoms with Gasteiger partial charge in [-0.05, 0) is 81.4 Å². The zero-order chi connectivity index (χ0) is 20.2. The molecule has 4 saturated carbocycles. The van der Waals surface area contributed by atoms with Gasteiger partial charge in [-0.2, -0.15) is 0 Å². The van der Waals surface area contributed by atoms with Crippen LogP contribution in [0.1, 0.15) is 49.7 Å². The van der Waals surface area contributed by atoms with Crippen LogP contribution in [0.3, 0.4) is 0 Å². The first-order valence-corrected chi connectivity index (χ1v) is 12.4. The van der Waals surface area contributed by atoms with Gasteiger partial charge in [-0.3, -0.25) is 4.79 Å². The molecule has 2 N–H and O–H groups in total. The Hall–Kier alpha value is -0.920. The van der Waals surface area contributed by atoms with Gasteiger partial charge in [0, 0.05) is 17.4 Å². The summed E-state index contributed by atoms with van der Waals surface area (Å²) in [5.74, 6) is 1.40. The molecule has 4 fully saturated rings. The molecule has 0 saturated heterocycles. The summed E-state index contributed by atoms with van der Waals surface area (Å²) in [4.78, 5) is 13.3. The highest BCUT2D eigenvalue weighted by Gasteiger charge is 2.59. The molecule has 0 spiro atoms. The lowest BCUT2D eigenvalue weighted by molar-refractivity contribution is -0.143. The maximum atomic E-state index is 13.0. The Morgan fingerprint density at radius 2 is 1.82 bits per heavy atom. The lowest BCUT2D eigenvalue weighted by atomic mass is 9.49. The fourth-order valence-electron chi connectivity index (χ4n) is 6.04. The van der Waals surface area contributed by atoms with Crippen LogP contribution in [0.15, 0.2) is 23.1 Å². The van der Waals surface area contributed by atoms with Crippen LogP contribution in [0.4, 0.5) is 0 Å². The molecule has 4 aliphatic carbocycles. The second-order valence-corrected chi connectivity index (χ2v) is 12.7. The molecule has 4 aliphatic rings. The number of sulfonamides is 1. The number of hydrogen-bond donors (Lipinski definition) is 2. The lowest BCUT2D eigenvalue weighted by Crippen LogP contribution is -2.58. The topological polar surface area (TPSA) is 75.3 Å². The summed E-state index contributed by atoms with van der Waals surface area (Å²) < 4.78 is 27.9. The summed E-state index contributed by atoms with van der Waals surface area (Å²) in [6, 6.07) is 5.40. The Bertz CT molecular complexity index is 885. The number of aryl methyl sites for hydroxylation is 2. The van der Waals surface area contributed by atoms with E-state index in [1.807, 2.05) is 19.1 Å². The van der Waals surface area contributed by atoms with Crippen LogP contribution in [0.25, 0.3) is 0 Å². The second kappa shape index (κ2) is 7.10. The van der Waals surface area contributed by atoms with E-state index in [4.69, 9.17) is 0 Å². The minimum absolute atomic E-state index is 0.108. The predicted molar refractivity (Wildman–Crippen MR) is 113 cm³/mol. The van der Waals surface area contributed by atoms with E-state index in [1.54, 1.807) is 13.0 Å². The average Bonchev–Trinajstić information content (AvgIpc) is 2.58. The Kier molecular flexibility index (Phi) is 5.16. The van der Waals surface area contributed by atoms with Crippen molar-refractivity contribution in [3.63, 3.8) is 0 Å². The van der Waals surface area contributed by atoms with E-state index in [0.29, 0.717) is 23.3 Å². The first-order chi connectivity index (χ1) is 13.1. The summed E-state index contributed by atoms with van der Waals surface area (Å²) in [5, 5.41) is 3.02. The van der Waals surface area contributed by atoms with Crippen LogP contribution < -0.4 is 10.0 Å². The molecule has 28 heavy (non-hydrogen) atoms. The first kappa shape index (κ1) is 20.4. The number of carbonyl (C=O) groups excluding carboxylic acids is 1. The monoisotopic (exact) mass is 468 g/mol. The van der Waals surface area contributed by atoms with Gasteiger partial charge in [-0.25, -0.2) is 13.1 Å². The molecule has 154 valence electrons. The van der Waals surface area contributed by atoms with Crippen molar-refractivity contribution in [3.05, 3.63) is 29.3 Å². The van der Waals surface area contributed by atoms with E-state index in [-0.39, 0.29) is 22.2 Å². The third-order valence-corrected chi connectivity index (χ3v) is 9.34. The average molecular weight is 469 g/mol. The van der Waals surface area contributed by atoms with Crippen LogP contribution in [0.2, 0.25) is 0 Å². The Balaban J connectivity index is 1.34. The molecular formula is C21H29BrN2O3S. The van der Waals surface area contributed by atoms with Gasteiger partial charge in [0.05, 0.1) is 10.3 Å². The van der Waals surface area contributed by atoms with E-state index in [2.05, 4.69) is 26.0 Å². The lowest BCUT2D eigenvalue weighted by Gasteiger charge is -2.59. The quantitative estimate of drug-likeness (QED) is 0.495. The van der Waals surface area contributed by atoms with Gasteiger partial charge >= 0.3 is 0 Å². The van der Waals surface area contributed by atoms with E-state index in [9.17, 15) is 13.2 Å².